The van der Waals surface area contributed by atoms with Gasteiger partial charge >= 0.3 is 156 Å². The number of furan rings is 1. The van der Waals surface area contributed by atoms with Gasteiger partial charge in [0.1, 0.15) is 0 Å². The van der Waals surface area contributed by atoms with Crippen LogP contribution in [0.3, 0.4) is 0 Å². The van der Waals surface area contributed by atoms with Gasteiger partial charge in [0, 0.05) is 0 Å². The van der Waals surface area contributed by atoms with Gasteiger partial charge in [0.25, 0.3) is 0 Å². The van der Waals surface area contributed by atoms with Crippen molar-refractivity contribution < 1.29 is 14.3 Å². The van der Waals surface area contributed by atoms with E-state index in [0.717, 1.165) is 15.4 Å². The fourth-order valence-corrected chi connectivity index (χ4v) is 8.83. The Labute approximate surface area is 156 Å². The van der Waals surface area contributed by atoms with Crippen LogP contribution in [0.2, 0.25) is 0 Å². The van der Waals surface area contributed by atoms with E-state index >= 15 is 0 Å². The molecule has 4 rings (SSSR count). The first-order valence-electron chi connectivity index (χ1n) is 8.02. The minimum atomic E-state index is -1.86. The number of halogens is 1. The molecule has 0 saturated carbocycles. The molecule has 132 valence electrons. The standard InChI is InChI=1S/C19H15IN2O4/c1-10(2)20-7-13-12-5-3-4-11(8-21)17(12)26-18(13)15-6-16(23)14(19(24)25)9-22(15)20/h3-6,9-10H,7H2,1-2H3,(H,24,25). The molecule has 0 aliphatic carbocycles. The van der Waals surface area contributed by atoms with Crippen LogP contribution >= 0.6 is 20.1 Å². The van der Waals surface area contributed by atoms with Gasteiger partial charge in [-0.05, 0) is 0 Å². The number of carbonyl (C=O) groups is 1. The van der Waals surface area contributed by atoms with E-state index in [1.807, 2.05) is 14.9 Å². The van der Waals surface area contributed by atoms with Crippen molar-refractivity contribution in [3.05, 3.63) is 57.4 Å². The Balaban J connectivity index is 2.09. The van der Waals surface area contributed by atoms with Gasteiger partial charge in [0.15, 0.2) is 0 Å². The topological polar surface area (TPSA) is 96.2 Å². The maximum absolute atomic E-state index is 12.3. The summed E-state index contributed by atoms with van der Waals surface area (Å²) in [6, 6.07) is 8.98. The number of rotatable bonds is 2. The Kier molecular flexibility index (Phi) is 3.88. The first-order chi connectivity index (χ1) is 12.4. The minimum absolute atomic E-state index is 0.214. The second-order valence-corrected chi connectivity index (χ2v) is 12.7. The van der Waals surface area contributed by atoms with Crippen molar-refractivity contribution in [2.45, 2.75) is 22.2 Å². The number of carboxylic acid groups (broad SMARTS) is 1. The fourth-order valence-electron chi connectivity index (χ4n) is 3.18. The Bertz CT molecular complexity index is 1170. The van der Waals surface area contributed by atoms with Crippen molar-refractivity contribution in [3.63, 3.8) is 0 Å². The Morgan fingerprint density at radius 2 is 2.19 bits per heavy atom. The number of benzene rings is 1. The van der Waals surface area contributed by atoms with E-state index in [4.69, 9.17) is 4.42 Å². The fraction of sp³-hybridized carbons (Fsp3) is 0.211. The monoisotopic (exact) mass is 462 g/mol. The quantitative estimate of drug-likeness (QED) is 0.459. The van der Waals surface area contributed by atoms with Gasteiger partial charge < -0.3 is 0 Å². The molecule has 0 radical (unpaired) electrons. The van der Waals surface area contributed by atoms with E-state index in [9.17, 15) is 20.0 Å². The first kappa shape index (κ1) is 16.8. The van der Waals surface area contributed by atoms with E-state index in [2.05, 4.69) is 19.9 Å². The van der Waals surface area contributed by atoms with Gasteiger partial charge in [-0.25, -0.2) is 0 Å². The summed E-state index contributed by atoms with van der Waals surface area (Å²) in [5.41, 5.74) is 1.89. The summed E-state index contributed by atoms with van der Waals surface area (Å²) >= 11 is -1.86. The normalized spacial score (nSPS) is 14.2. The SMILES string of the molecule is CC(C)I1Cc2c(oc3c(C#N)cccc23)-c2cc(=O)c(C(=O)O)cn21. The Hall–Kier alpha value is -2.60. The summed E-state index contributed by atoms with van der Waals surface area (Å²) in [7, 11) is 0. The Morgan fingerprint density at radius 1 is 1.42 bits per heavy atom. The molecule has 0 fully saturated rings. The average molecular weight is 462 g/mol. The number of nitriles is 1. The number of para-hydroxylation sites is 1. The number of carboxylic acids is 1. The summed E-state index contributed by atoms with van der Waals surface area (Å²) in [6.45, 7) is 4.25. The van der Waals surface area contributed by atoms with Crippen LogP contribution in [0.1, 0.15) is 35.3 Å². The van der Waals surface area contributed by atoms with Crippen LogP contribution < -0.4 is 5.43 Å². The van der Waals surface area contributed by atoms with Crippen LogP contribution in [0.5, 0.6) is 0 Å². The number of pyridine rings is 1. The van der Waals surface area contributed by atoms with Gasteiger partial charge in [-0.3, -0.25) is 0 Å². The molecule has 0 saturated heterocycles. The van der Waals surface area contributed by atoms with E-state index in [0.29, 0.717) is 26.5 Å². The van der Waals surface area contributed by atoms with E-state index in [-0.39, 0.29) is 5.56 Å². The second kappa shape index (κ2) is 5.99. The molecule has 0 spiro atoms. The molecule has 1 aliphatic rings. The van der Waals surface area contributed by atoms with Gasteiger partial charge in [-0.1, -0.05) is 0 Å². The summed E-state index contributed by atoms with van der Waals surface area (Å²) in [5, 5.41) is 19.6. The molecular formula is C19H15IN2O4. The molecule has 0 bridgehead atoms. The van der Waals surface area contributed by atoms with Crippen LogP contribution in [-0.2, 0) is 4.43 Å². The summed E-state index contributed by atoms with van der Waals surface area (Å²) in [4.78, 5) is 23.7. The molecule has 0 unspecified atom stereocenters. The van der Waals surface area contributed by atoms with E-state index < -0.39 is 31.5 Å². The number of aromatic nitrogens is 1. The van der Waals surface area contributed by atoms with Gasteiger partial charge in [-0.15, -0.1) is 0 Å². The van der Waals surface area contributed by atoms with Crippen molar-refractivity contribution in [1.82, 2.24) is 2.78 Å². The first-order valence-corrected chi connectivity index (χ1v) is 11.8. The van der Waals surface area contributed by atoms with Crippen molar-refractivity contribution >= 4 is 37.0 Å². The van der Waals surface area contributed by atoms with Gasteiger partial charge in [0.2, 0.25) is 0 Å². The second-order valence-electron chi connectivity index (χ2n) is 6.28. The predicted octanol–water partition coefficient (Wildman–Crippen LogP) is 4.02. The number of fused-ring (bicyclic) bond motifs is 5. The zero-order valence-electron chi connectivity index (χ0n) is 14.1. The number of nitrogens with zero attached hydrogens (tertiary/aromatic N) is 2. The number of aromatic carboxylic acids is 1. The van der Waals surface area contributed by atoms with Gasteiger partial charge in [-0.2, -0.15) is 0 Å². The van der Waals surface area contributed by atoms with Crippen LogP contribution in [0.25, 0.3) is 22.4 Å². The molecule has 1 N–H and O–H groups in total. The third kappa shape index (κ3) is 2.36. The summed E-state index contributed by atoms with van der Waals surface area (Å²) in [6.07, 6.45) is 1.48. The number of hydrogen-bond donors (Lipinski definition) is 1. The molecule has 0 amide bonds. The third-order valence-corrected chi connectivity index (χ3v) is 11.0. The molecule has 1 aromatic carbocycles. The zero-order valence-corrected chi connectivity index (χ0v) is 16.3. The zero-order chi connectivity index (χ0) is 18.6. The van der Waals surface area contributed by atoms with E-state index in [1.165, 1.54) is 12.3 Å². The molecule has 26 heavy (non-hydrogen) atoms. The average Bonchev–Trinajstić information content (AvgIpc) is 2.99. The number of alkyl halides is 2. The molecular weight excluding hydrogens is 447 g/mol. The number of hydrogen-bond acceptors (Lipinski definition) is 4. The molecule has 0 atom stereocenters. The van der Waals surface area contributed by atoms with Crippen molar-refractivity contribution in [3.8, 4) is 17.5 Å². The molecule has 7 heteroatoms. The van der Waals surface area contributed by atoms with Crippen LogP contribution in [0.4, 0.5) is 0 Å². The molecule has 2 aromatic heterocycles. The van der Waals surface area contributed by atoms with Gasteiger partial charge in [0.05, 0.1) is 0 Å². The Morgan fingerprint density at radius 3 is 2.85 bits per heavy atom. The predicted molar refractivity (Wildman–Crippen MR) is 106 cm³/mol. The maximum atomic E-state index is 12.3. The van der Waals surface area contributed by atoms with Crippen molar-refractivity contribution in [2.75, 3.05) is 0 Å². The third-order valence-electron chi connectivity index (χ3n) is 4.42. The van der Waals surface area contributed by atoms with Crippen LogP contribution in [0, 0.1) is 11.3 Å². The van der Waals surface area contributed by atoms with Crippen LogP contribution in [0.15, 0.2) is 39.7 Å². The van der Waals surface area contributed by atoms with Crippen LogP contribution in [-0.4, -0.2) is 17.8 Å². The molecule has 3 aromatic rings. The summed E-state index contributed by atoms with van der Waals surface area (Å²) in [5.74, 6) is -0.641. The summed E-state index contributed by atoms with van der Waals surface area (Å²) < 4.78 is 9.17. The molecule has 6 nitrogen and oxygen atoms in total. The van der Waals surface area contributed by atoms with E-state index in [1.54, 1.807) is 6.07 Å². The van der Waals surface area contributed by atoms with Crippen molar-refractivity contribution in [1.29, 1.82) is 5.26 Å². The molecule has 1 aliphatic heterocycles. The molecule has 3 heterocycles. The van der Waals surface area contributed by atoms with Crippen molar-refractivity contribution in [2.24, 2.45) is 0 Å².